The van der Waals surface area contributed by atoms with Crippen LogP contribution in [-0.4, -0.2) is 13.0 Å². The van der Waals surface area contributed by atoms with Crippen molar-refractivity contribution in [3.63, 3.8) is 0 Å². The van der Waals surface area contributed by atoms with Gasteiger partial charge >= 0.3 is 0 Å². The van der Waals surface area contributed by atoms with E-state index in [0.29, 0.717) is 23.5 Å². The first kappa shape index (κ1) is 13.9. The highest BCUT2D eigenvalue weighted by Gasteiger charge is 2.18. The van der Waals surface area contributed by atoms with Crippen molar-refractivity contribution in [2.75, 3.05) is 17.7 Å². The van der Waals surface area contributed by atoms with Gasteiger partial charge in [-0.2, -0.15) is 0 Å². The van der Waals surface area contributed by atoms with Gasteiger partial charge in [-0.05, 0) is 36.4 Å². The van der Waals surface area contributed by atoms with Crippen LogP contribution in [0.3, 0.4) is 0 Å². The molecule has 20 heavy (non-hydrogen) atoms. The molecule has 0 atom stereocenters. The van der Waals surface area contributed by atoms with E-state index in [1.807, 2.05) is 0 Å². The summed E-state index contributed by atoms with van der Waals surface area (Å²) in [7, 11) is 1.44. The first-order chi connectivity index (χ1) is 9.40. The predicted molar refractivity (Wildman–Crippen MR) is 69.9 cm³/mol. The lowest BCUT2D eigenvalue weighted by molar-refractivity contribution is 0.0992. The van der Waals surface area contributed by atoms with Crippen LogP contribution in [0.5, 0.6) is 0 Å². The summed E-state index contributed by atoms with van der Waals surface area (Å²) >= 11 is 0. The number of carbonyl (C=O) groups is 1. The monoisotopic (exact) mass is 280 g/mol. The van der Waals surface area contributed by atoms with E-state index in [-0.39, 0.29) is 5.56 Å². The third kappa shape index (κ3) is 2.59. The molecule has 0 fully saturated rings. The first-order valence-electron chi connectivity index (χ1n) is 5.68. The van der Waals surface area contributed by atoms with Gasteiger partial charge in [-0.25, -0.2) is 13.2 Å². The maximum Gasteiger partial charge on any atom is 0.258 e. The predicted octanol–water partition coefficient (Wildman–Crippen LogP) is 2.96. The van der Waals surface area contributed by atoms with Crippen molar-refractivity contribution in [3.05, 3.63) is 59.4 Å². The molecule has 2 rings (SSSR count). The lowest BCUT2D eigenvalue weighted by atomic mass is 10.1. The van der Waals surface area contributed by atoms with Crippen LogP contribution in [0.4, 0.5) is 24.5 Å². The summed E-state index contributed by atoms with van der Waals surface area (Å²) in [4.78, 5) is 13.3. The molecule has 0 spiro atoms. The summed E-state index contributed by atoms with van der Waals surface area (Å²) in [6, 6.07) is 7.67. The Labute approximate surface area is 113 Å². The third-order valence-electron chi connectivity index (χ3n) is 2.82. The topological polar surface area (TPSA) is 46.3 Å². The summed E-state index contributed by atoms with van der Waals surface area (Å²) in [6.07, 6.45) is 0. The summed E-state index contributed by atoms with van der Waals surface area (Å²) in [6.45, 7) is 0. The van der Waals surface area contributed by atoms with Gasteiger partial charge in [0.15, 0.2) is 17.5 Å². The van der Waals surface area contributed by atoms with E-state index in [4.69, 9.17) is 5.73 Å². The van der Waals surface area contributed by atoms with E-state index in [1.54, 1.807) is 24.3 Å². The quantitative estimate of drug-likeness (QED) is 0.679. The van der Waals surface area contributed by atoms with E-state index in [9.17, 15) is 18.0 Å². The van der Waals surface area contributed by atoms with Crippen molar-refractivity contribution in [1.29, 1.82) is 0 Å². The summed E-state index contributed by atoms with van der Waals surface area (Å²) in [5.74, 6) is -5.07. The molecule has 3 nitrogen and oxygen atoms in total. The average molecular weight is 280 g/mol. The molecule has 0 aliphatic heterocycles. The first-order valence-corrected chi connectivity index (χ1v) is 5.68. The molecule has 0 radical (unpaired) electrons. The van der Waals surface area contributed by atoms with E-state index in [2.05, 4.69) is 0 Å². The van der Waals surface area contributed by atoms with Crippen LogP contribution in [0.1, 0.15) is 10.4 Å². The van der Waals surface area contributed by atoms with Crippen molar-refractivity contribution < 1.29 is 18.0 Å². The Morgan fingerprint density at radius 3 is 2.05 bits per heavy atom. The van der Waals surface area contributed by atoms with Crippen molar-refractivity contribution in [1.82, 2.24) is 0 Å². The van der Waals surface area contributed by atoms with Crippen LogP contribution in [-0.2, 0) is 0 Å². The molecule has 0 aliphatic carbocycles. The van der Waals surface area contributed by atoms with Gasteiger partial charge in [0.2, 0.25) is 0 Å². The average Bonchev–Trinajstić information content (AvgIpc) is 2.43. The minimum Gasteiger partial charge on any atom is -0.399 e. The molecular weight excluding hydrogens is 269 g/mol. The Bertz CT molecular complexity index is 633. The lowest BCUT2D eigenvalue weighted by Crippen LogP contribution is -2.26. The molecule has 0 saturated heterocycles. The molecule has 0 unspecified atom stereocenters. The number of nitrogens with two attached hydrogens (primary N) is 1. The number of nitrogen functional groups attached to an aromatic ring is 1. The molecule has 0 bridgehead atoms. The van der Waals surface area contributed by atoms with E-state index in [1.165, 1.54) is 11.9 Å². The molecule has 2 aromatic rings. The lowest BCUT2D eigenvalue weighted by Gasteiger charge is -2.17. The second kappa shape index (κ2) is 5.24. The fourth-order valence-corrected chi connectivity index (χ4v) is 1.69. The van der Waals surface area contributed by atoms with Crippen molar-refractivity contribution in [2.24, 2.45) is 0 Å². The van der Waals surface area contributed by atoms with Gasteiger partial charge in [0.1, 0.15) is 0 Å². The number of benzene rings is 2. The van der Waals surface area contributed by atoms with E-state index >= 15 is 0 Å². The van der Waals surface area contributed by atoms with Crippen LogP contribution < -0.4 is 10.6 Å². The second-order valence-corrected chi connectivity index (χ2v) is 4.21. The molecule has 0 aromatic heterocycles. The number of halogens is 3. The number of amides is 1. The fourth-order valence-electron chi connectivity index (χ4n) is 1.69. The molecule has 6 heteroatoms. The SMILES string of the molecule is CN(C(=O)c1cc(F)c(F)c(F)c1)c1ccc(N)cc1. The van der Waals surface area contributed by atoms with Crippen LogP contribution in [0.15, 0.2) is 36.4 Å². The zero-order valence-corrected chi connectivity index (χ0v) is 10.5. The van der Waals surface area contributed by atoms with Crippen LogP contribution >= 0.6 is 0 Å². The molecule has 0 heterocycles. The molecular formula is C14H11F3N2O. The number of carbonyl (C=O) groups excluding carboxylic acids is 1. The largest absolute Gasteiger partial charge is 0.399 e. The fraction of sp³-hybridized carbons (Fsp3) is 0.0714. The minimum atomic E-state index is -1.60. The van der Waals surface area contributed by atoms with Crippen molar-refractivity contribution in [3.8, 4) is 0 Å². The maximum atomic E-state index is 13.1. The van der Waals surface area contributed by atoms with Gasteiger partial charge in [-0.1, -0.05) is 0 Å². The standard InChI is InChI=1S/C14H11F3N2O/c1-19(10-4-2-9(18)3-5-10)14(20)8-6-11(15)13(17)12(16)7-8/h2-7H,18H2,1H3. The van der Waals surface area contributed by atoms with Crippen molar-refractivity contribution in [2.45, 2.75) is 0 Å². The van der Waals surface area contributed by atoms with Gasteiger partial charge in [-0.15, -0.1) is 0 Å². The Kier molecular flexibility index (Phi) is 3.65. The summed E-state index contributed by atoms with van der Waals surface area (Å²) < 4.78 is 39.1. The second-order valence-electron chi connectivity index (χ2n) is 4.21. The molecule has 2 aromatic carbocycles. The van der Waals surface area contributed by atoms with Crippen LogP contribution in [0.25, 0.3) is 0 Å². The van der Waals surface area contributed by atoms with E-state index in [0.717, 1.165) is 0 Å². The smallest absolute Gasteiger partial charge is 0.258 e. The summed E-state index contributed by atoms with van der Waals surface area (Å²) in [5, 5.41) is 0. The van der Waals surface area contributed by atoms with Gasteiger partial charge in [0.05, 0.1) is 0 Å². The van der Waals surface area contributed by atoms with Gasteiger partial charge < -0.3 is 10.6 Å². The normalized spacial score (nSPS) is 10.4. The number of hydrogen-bond acceptors (Lipinski definition) is 2. The van der Waals surface area contributed by atoms with Crippen LogP contribution in [0.2, 0.25) is 0 Å². The van der Waals surface area contributed by atoms with Gasteiger partial charge in [0, 0.05) is 24.0 Å². The van der Waals surface area contributed by atoms with Gasteiger partial charge in [0.25, 0.3) is 5.91 Å². The highest BCUT2D eigenvalue weighted by molar-refractivity contribution is 6.05. The van der Waals surface area contributed by atoms with E-state index < -0.39 is 23.4 Å². The number of anilines is 2. The molecule has 2 N–H and O–H groups in total. The third-order valence-corrected chi connectivity index (χ3v) is 2.82. The molecule has 0 saturated carbocycles. The minimum absolute atomic E-state index is 0.277. The van der Waals surface area contributed by atoms with Crippen LogP contribution in [0, 0.1) is 17.5 Å². The molecule has 1 amide bonds. The number of hydrogen-bond donors (Lipinski definition) is 1. The van der Waals surface area contributed by atoms with Gasteiger partial charge in [-0.3, -0.25) is 4.79 Å². The molecule has 0 aliphatic rings. The Balaban J connectivity index is 2.33. The van der Waals surface area contributed by atoms with Crippen molar-refractivity contribution >= 4 is 17.3 Å². The highest BCUT2D eigenvalue weighted by atomic mass is 19.2. The molecule has 104 valence electrons. The Morgan fingerprint density at radius 2 is 1.55 bits per heavy atom. The maximum absolute atomic E-state index is 13.1. The zero-order chi connectivity index (χ0) is 14.9. The number of rotatable bonds is 2. The Morgan fingerprint density at radius 1 is 1.05 bits per heavy atom. The summed E-state index contributed by atoms with van der Waals surface area (Å²) in [5.41, 5.74) is 6.27. The number of nitrogens with zero attached hydrogens (tertiary/aromatic N) is 1. The Hall–Kier alpha value is -2.50. The zero-order valence-electron chi connectivity index (χ0n) is 10.5. The highest BCUT2D eigenvalue weighted by Crippen LogP contribution is 2.19.